The summed E-state index contributed by atoms with van der Waals surface area (Å²) >= 11 is 0. The third kappa shape index (κ3) is 11.2. The smallest absolute Gasteiger partial charge is 0.137 e. The second kappa shape index (κ2) is 25.6. The van der Waals surface area contributed by atoms with E-state index in [0.29, 0.717) is 0 Å². The topological polar surface area (TPSA) is 64.5 Å². The standard InChI is InChI=1S/C91H66N8/c1-91(2)83-60-76(97(86-44-16-20-52-93-86)72-40-24-36-68(56-72)64-29-9-4-10-30-64)47-49-77(83)79-61-81-82(62-84(79)91)89(98(87-45-17-21-53-94-87)73-41-25-37-69(57-73)65-31-11-5-12-32-65)78-50-48-75(96(85-43-15-19-51-92-85)71-39-23-35-67(55-71)63-27-7-3-8-28-63)59-80(78)90(81)99(88-46-18-22-54-95-88)74-42-26-38-70(58-74)66-33-13-6-14-34-66/h3-62H,1-2H3. The minimum Gasteiger partial charge on any atom is -0.295 e. The summed E-state index contributed by atoms with van der Waals surface area (Å²) in [4.78, 5) is 30.2. The van der Waals surface area contributed by atoms with Crippen molar-refractivity contribution in [1.29, 1.82) is 0 Å². The van der Waals surface area contributed by atoms with Gasteiger partial charge in [-0.05, 0) is 200 Å². The second-order valence-electron chi connectivity index (χ2n) is 25.5. The molecule has 470 valence electrons. The molecule has 4 aromatic heterocycles. The van der Waals surface area contributed by atoms with Crippen LogP contribution < -0.4 is 19.6 Å². The molecule has 16 aromatic rings. The Morgan fingerprint density at radius 1 is 0.212 bits per heavy atom. The maximum Gasteiger partial charge on any atom is 0.137 e. The summed E-state index contributed by atoms with van der Waals surface area (Å²) in [6, 6.07) is 121. The lowest BCUT2D eigenvalue weighted by atomic mass is 9.81. The van der Waals surface area contributed by atoms with Gasteiger partial charge < -0.3 is 0 Å². The van der Waals surface area contributed by atoms with Gasteiger partial charge >= 0.3 is 0 Å². The number of pyridine rings is 4. The minimum atomic E-state index is -0.516. The fourth-order valence-electron chi connectivity index (χ4n) is 14.5. The van der Waals surface area contributed by atoms with Gasteiger partial charge in [-0.1, -0.05) is 220 Å². The largest absolute Gasteiger partial charge is 0.295 e. The highest BCUT2D eigenvalue weighted by molar-refractivity contribution is 6.25. The highest BCUT2D eigenvalue weighted by Gasteiger charge is 2.39. The van der Waals surface area contributed by atoms with Crippen LogP contribution in [-0.4, -0.2) is 19.9 Å². The van der Waals surface area contributed by atoms with Crippen molar-refractivity contribution >= 4 is 90.3 Å². The molecule has 0 unspecified atom stereocenters. The number of nitrogens with zero attached hydrogens (tertiary/aromatic N) is 8. The zero-order valence-corrected chi connectivity index (χ0v) is 54.7. The van der Waals surface area contributed by atoms with Gasteiger partial charge in [0, 0.05) is 85.9 Å². The summed E-state index contributed by atoms with van der Waals surface area (Å²) < 4.78 is 0. The predicted octanol–water partition coefficient (Wildman–Crippen LogP) is 24.4. The molecule has 4 heterocycles. The zero-order chi connectivity index (χ0) is 66.2. The fraction of sp³-hybridized carbons (Fsp3) is 0.0330. The lowest BCUT2D eigenvalue weighted by molar-refractivity contribution is 0.661. The van der Waals surface area contributed by atoms with Crippen LogP contribution >= 0.6 is 0 Å². The number of aromatic nitrogens is 4. The number of hydrogen-bond acceptors (Lipinski definition) is 8. The Labute approximate surface area is 577 Å². The van der Waals surface area contributed by atoms with E-state index in [9.17, 15) is 0 Å². The first-order valence-electron chi connectivity index (χ1n) is 33.6. The summed E-state index contributed by atoms with van der Waals surface area (Å²) in [5, 5.41) is 4.02. The number of rotatable bonds is 16. The van der Waals surface area contributed by atoms with Gasteiger partial charge in [-0.2, -0.15) is 0 Å². The Kier molecular flexibility index (Phi) is 15.4. The zero-order valence-electron chi connectivity index (χ0n) is 54.7. The Morgan fingerprint density at radius 3 is 0.909 bits per heavy atom. The number of benzene rings is 12. The third-order valence-corrected chi connectivity index (χ3v) is 19.1. The molecule has 8 nitrogen and oxygen atoms in total. The van der Waals surface area contributed by atoms with Crippen molar-refractivity contribution in [3.05, 3.63) is 376 Å². The van der Waals surface area contributed by atoms with E-state index in [1.807, 2.05) is 49.1 Å². The molecule has 0 N–H and O–H groups in total. The van der Waals surface area contributed by atoms with Crippen molar-refractivity contribution in [2.75, 3.05) is 19.6 Å². The van der Waals surface area contributed by atoms with Crippen molar-refractivity contribution in [2.24, 2.45) is 0 Å². The van der Waals surface area contributed by atoms with Crippen LogP contribution in [0.2, 0.25) is 0 Å². The van der Waals surface area contributed by atoms with E-state index in [0.717, 1.165) is 146 Å². The average molecular weight is 1270 g/mol. The summed E-state index contributed by atoms with van der Waals surface area (Å²) in [6.45, 7) is 4.77. The van der Waals surface area contributed by atoms with Crippen LogP contribution in [0.15, 0.2) is 365 Å². The summed E-state index contributed by atoms with van der Waals surface area (Å²) in [5.41, 5.74) is 20.8. The quantitative estimate of drug-likeness (QED) is 0.0700. The molecule has 0 spiro atoms. The monoisotopic (exact) mass is 1270 g/mol. The normalized spacial score (nSPS) is 12.0. The number of fused-ring (bicyclic) bond motifs is 5. The molecule has 0 aliphatic heterocycles. The summed E-state index contributed by atoms with van der Waals surface area (Å²) in [7, 11) is 0. The molecule has 8 heteroatoms. The molecule has 0 amide bonds. The molecular formula is C91H66N8. The molecule has 99 heavy (non-hydrogen) atoms. The van der Waals surface area contributed by atoms with Crippen LogP contribution in [0.5, 0.6) is 0 Å². The highest BCUT2D eigenvalue weighted by atomic mass is 15.2. The molecule has 0 bridgehead atoms. The van der Waals surface area contributed by atoms with Crippen LogP contribution in [-0.2, 0) is 5.41 Å². The van der Waals surface area contributed by atoms with Crippen LogP contribution in [0, 0.1) is 0 Å². The van der Waals surface area contributed by atoms with Crippen LogP contribution in [0.25, 0.3) is 77.2 Å². The van der Waals surface area contributed by atoms with Crippen molar-refractivity contribution in [1.82, 2.24) is 19.9 Å². The SMILES string of the molecule is CC1(C)c2cc(N(c3cccc(-c4ccccc4)c3)c3ccccn3)ccc2-c2cc3c(N(c4cccc(-c5ccccc5)c4)c4ccccn4)c4cc(N(c5cccc(-c6ccccc6)c5)c5ccccn5)ccc4c(N(c4cccc(-c5ccccc5)c4)c4ccccn4)c3cc21. The fourth-order valence-corrected chi connectivity index (χ4v) is 14.5. The summed E-state index contributed by atoms with van der Waals surface area (Å²) in [5.74, 6) is 3.13. The molecule has 17 rings (SSSR count). The van der Waals surface area contributed by atoms with Gasteiger partial charge in [0.1, 0.15) is 23.3 Å². The third-order valence-electron chi connectivity index (χ3n) is 19.1. The second-order valence-corrected chi connectivity index (χ2v) is 25.5. The Morgan fingerprint density at radius 2 is 0.515 bits per heavy atom. The molecule has 1 aliphatic rings. The summed E-state index contributed by atoms with van der Waals surface area (Å²) in [6.07, 6.45) is 7.56. The minimum absolute atomic E-state index is 0.516. The molecule has 0 saturated carbocycles. The van der Waals surface area contributed by atoms with Crippen LogP contribution in [0.3, 0.4) is 0 Å². The van der Waals surface area contributed by atoms with Crippen molar-refractivity contribution in [3.8, 4) is 55.6 Å². The van der Waals surface area contributed by atoms with Crippen molar-refractivity contribution in [3.63, 3.8) is 0 Å². The van der Waals surface area contributed by atoms with Crippen LogP contribution in [0.4, 0.5) is 68.8 Å². The number of anilines is 12. The predicted molar refractivity (Wildman–Crippen MR) is 411 cm³/mol. The molecule has 1 aliphatic carbocycles. The first-order valence-corrected chi connectivity index (χ1v) is 33.6. The maximum absolute atomic E-state index is 5.34. The van der Waals surface area contributed by atoms with Crippen LogP contribution in [0.1, 0.15) is 25.0 Å². The van der Waals surface area contributed by atoms with E-state index >= 15 is 0 Å². The molecule has 0 atom stereocenters. The first-order chi connectivity index (χ1) is 48.9. The maximum atomic E-state index is 5.34. The van der Waals surface area contributed by atoms with Crippen molar-refractivity contribution < 1.29 is 0 Å². The average Bonchev–Trinajstić information content (AvgIpc) is 1.66. The van der Waals surface area contributed by atoms with Gasteiger partial charge in [0.2, 0.25) is 0 Å². The van der Waals surface area contributed by atoms with Crippen molar-refractivity contribution in [2.45, 2.75) is 19.3 Å². The Bertz CT molecular complexity index is 5590. The van der Waals surface area contributed by atoms with E-state index in [1.54, 1.807) is 0 Å². The molecule has 0 saturated heterocycles. The van der Waals surface area contributed by atoms with Gasteiger partial charge in [0.15, 0.2) is 0 Å². The Balaban J connectivity index is 0.988. The van der Waals surface area contributed by atoms with E-state index in [4.69, 9.17) is 19.9 Å². The first kappa shape index (κ1) is 59.7. The van der Waals surface area contributed by atoms with E-state index < -0.39 is 5.41 Å². The van der Waals surface area contributed by atoms with Gasteiger partial charge in [-0.3, -0.25) is 19.6 Å². The van der Waals surface area contributed by atoms with Gasteiger partial charge in [0.25, 0.3) is 0 Å². The van der Waals surface area contributed by atoms with E-state index in [1.165, 1.54) is 11.1 Å². The lowest BCUT2D eigenvalue weighted by Crippen LogP contribution is -2.18. The van der Waals surface area contributed by atoms with Gasteiger partial charge in [0.05, 0.1) is 11.4 Å². The molecule has 0 fully saturated rings. The highest BCUT2D eigenvalue weighted by Crippen LogP contribution is 2.58. The number of hydrogen-bond donors (Lipinski definition) is 0. The van der Waals surface area contributed by atoms with Gasteiger partial charge in [-0.25, -0.2) is 19.9 Å². The van der Waals surface area contributed by atoms with Gasteiger partial charge in [-0.15, -0.1) is 0 Å². The van der Waals surface area contributed by atoms with E-state index in [2.05, 4.69) is 349 Å². The Hall–Kier alpha value is -13.0. The molecule has 12 aromatic carbocycles. The molecule has 0 radical (unpaired) electrons. The van der Waals surface area contributed by atoms with E-state index in [-0.39, 0.29) is 0 Å². The molecular weight excluding hydrogens is 1210 g/mol. The lowest BCUT2D eigenvalue weighted by Gasteiger charge is -2.33.